The molecule has 0 fully saturated rings. The molecule has 1 amide bonds. The van der Waals surface area contributed by atoms with E-state index in [1.165, 1.54) is 12.1 Å². The van der Waals surface area contributed by atoms with Gasteiger partial charge in [0.05, 0.1) is 5.56 Å². The van der Waals surface area contributed by atoms with Crippen molar-refractivity contribution in [3.63, 3.8) is 0 Å². The predicted octanol–water partition coefficient (Wildman–Crippen LogP) is 7.11. The first-order chi connectivity index (χ1) is 15.1. The summed E-state index contributed by atoms with van der Waals surface area (Å²) in [6, 6.07) is 11.2. The Hall–Kier alpha value is -3.06. The SMILES string of the molecule is CC1\C=C(O[C@H](C)c2cccc(NC(=O)c3cccc(C(F)(F)F)c3)c2)/N=C(Cl)/C=C/C1. The van der Waals surface area contributed by atoms with Crippen molar-refractivity contribution < 1.29 is 22.7 Å². The van der Waals surface area contributed by atoms with Gasteiger partial charge in [-0.3, -0.25) is 4.79 Å². The van der Waals surface area contributed by atoms with Crippen molar-refractivity contribution in [1.82, 2.24) is 0 Å². The van der Waals surface area contributed by atoms with Gasteiger partial charge in [0.1, 0.15) is 11.3 Å². The van der Waals surface area contributed by atoms with E-state index in [9.17, 15) is 18.0 Å². The lowest BCUT2D eigenvalue weighted by atomic mass is 10.1. The summed E-state index contributed by atoms with van der Waals surface area (Å²) in [5.41, 5.74) is 0.228. The Morgan fingerprint density at radius 3 is 2.72 bits per heavy atom. The van der Waals surface area contributed by atoms with E-state index >= 15 is 0 Å². The van der Waals surface area contributed by atoms with E-state index in [1.54, 1.807) is 24.3 Å². The summed E-state index contributed by atoms with van der Waals surface area (Å²) in [6.07, 6.45) is 1.45. The van der Waals surface area contributed by atoms with Gasteiger partial charge < -0.3 is 10.1 Å². The molecule has 8 heteroatoms. The Bertz CT molecular complexity index is 1080. The first kappa shape index (κ1) is 23.6. The summed E-state index contributed by atoms with van der Waals surface area (Å²) in [6.45, 7) is 3.87. The molecule has 0 saturated heterocycles. The number of nitrogens with one attached hydrogen (secondary N) is 1. The molecule has 0 spiro atoms. The summed E-state index contributed by atoms with van der Waals surface area (Å²) in [5, 5.41) is 2.95. The van der Waals surface area contributed by atoms with Crippen molar-refractivity contribution in [2.75, 3.05) is 5.32 Å². The molecular formula is C24H22ClF3N2O2. The smallest absolute Gasteiger partial charge is 0.416 e. The van der Waals surface area contributed by atoms with E-state index in [0.29, 0.717) is 16.7 Å². The summed E-state index contributed by atoms with van der Waals surface area (Å²) >= 11 is 6.07. The second-order valence-electron chi connectivity index (χ2n) is 7.47. The topological polar surface area (TPSA) is 50.7 Å². The van der Waals surface area contributed by atoms with E-state index in [4.69, 9.17) is 16.3 Å². The number of amides is 1. The normalized spacial score (nSPS) is 21.8. The van der Waals surface area contributed by atoms with Crippen LogP contribution in [-0.2, 0) is 10.9 Å². The number of allylic oxidation sites excluding steroid dienone is 3. The molecule has 2 atom stereocenters. The van der Waals surface area contributed by atoms with Crippen LogP contribution < -0.4 is 5.32 Å². The summed E-state index contributed by atoms with van der Waals surface area (Å²) < 4.78 is 44.7. The molecule has 32 heavy (non-hydrogen) atoms. The molecule has 3 rings (SSSR count). The van der Waals surface area contributed by atoms with Crippen LogP contribution in [0.15, 0.2) is 77.6 Å². The molecule has 168 valence electrons. The van der Waals surface area contributed by atoms with Crippen molar-refractivity contribution >= 4 is 28.4 Å². The second-order valence-corrected chi connectivity index (χ2v) is 7.86. The van der Waals surface area contributed by atoms with Crippen LogP contribution in [0.2, 0.25) is 0 Å². The van der Waals surface area contributed by atoms with Crippen LogP contribution in [0.5, 0.6) is 0 Å². The number of halogens is 4. The van der Waals surface area contributed by atoms with Crippen LogP contribution in [0.3, 0.4) is 0 Å². The molecule has 1 heterocycles. The van der Waals surface area contributed by atoms with Crippen molar-refractivity contribution in [2.45, 2.75) is 32.5 Å². The van der Waals surface area contributed by atoms with Gasteiger partial charge in [-0.2, -0.15) is 13.2 Å². The highest BCUT2D eigenvalue weighted by Gasteiger charge is 2.30. The minimum atomic E-state index is -4.52. The van der Waals surface area contributed by atoms with Crippen molar-refractivity contribution in [3.8, 4) is 0 Å². The first-order valence-electron chi connectivity index (χ1n) is 9.99. The Labute approximate surface area is 189 Å². The molecule has 1 N–H and O–H groups in total. The number of hydrogen-bond donors (Lipinski definition) is 1. The standard InChI is InChI=1S/C24H22ClF3N2O2/c1-15-6-3-11-21(25)30-22(12-15)32-16(2)17-7-5-10-20(14-17)29-23(31)18-8-4-9-19(13-18)24(26,27)28/h3-5,7-16H,6H2,1-2H3,(H,29,31)/b11-3+,22-12+,30-21-/t15?,16-/m1/s1. The summed E-state index contributed by atoms with van der Waals surface area (Å²) in [5.74, 6) is -0.0145. The van der Waals surface area contributed by atoms with Crippen LogP contribution in [-0.4, -0.2) is 11.1 Å². The van der Waals surface area contributed by atoms with E-state index in [0.717, 1.165) is 24.1 Å². The molecule has 1 aliphatic heterocycles. The fourth-order valence-electron chi connectivity index (χ4n) is 3.10. The van der Waals surface area contributed by atoms with Crippen LogP contribution >= 0.6 is 11.6 Å². The molecular weight excluding hydrogens is 441 g/mol. The average molecular weight is 463 g/mol. The van der Waals surface area contributed by atoms with Crippen LogP contribution in [0.1, 0.15) is 47.9 Å². The van der Waals surface area contributed by atoms with E-state index in [2.05, 4.69) is 10.3 Å². The van der Waals surface area contributed by atoms with E-state index in [1.807, 2.05) is 32.1 Å². The fourth-order valence-corrected chi connectivity index (χ4v) is 3.27. The molecule has 2 aromatic rings. The van der Waals surface area contributed by atoms with Gasteiger partial charge in [0.25, 0.3) is 5.91 Å². The summed E-state index contributed by atoms with van der Waals surface area (Å²) in [7, 11) is 0. The minimum absolute atomic E-state index is 0.0831. The van der Waals surface area contributed by atoms with Gasteiger partial charge in [0.15, 0.2) is 0 Å². The maximum Gasteiger partial charge on any atom is 0.416 e. The Balaban J connectivity index is 1.74. The number of ether oxygens (including phenoxy) is 1. The molecule has 2 aromatic carbocycles. The highest BCUT2D eigenvalue weighted by atomic mass is 35.5. The molecule has 4 nitrogen and oxygen atoms in total. The van der Waals surface area contributed by atoms with Crippen molar-refractivity contribution in [3.05, 3.63) is 89.3 Å². The van der Waals surface area contributed by atoms with E-state index in [-0.39, 0.29) is 11.5 Å². The minimum Gasteiger partial charge on any atom is -0.470 e. The zero-order chi connectivity index (χ0) is 23.3. The predicted molar refractivity (Wildman–Crippen MR) is 120 cm³/mol. The van der Waals surface area contributed by atoms with Crippen molar-refractivity contribution in [2.24, 2.45) is 10.9 Å². The van der Waals surface area contributed by atoms with Gasteiger partial charge in [-0.15, -0.1) is 0 Å². The summed E-state index contributed by atoms with van der Waals surface area (Å²) in [4.78, 5) is 16.7. The number of alkyl halides is 3. The number of anilines is 1. The third kappa shape index (κ3) is 6.47. The monoisotopic (exact) mass is 462 g/mol. The number of hydrogen-bond acceptors (Lipinski definition) is 3. The van der Waals surface area contributed by atoms with Gasteiger partial charge in [-0.25, -0.2) is 4.99 Å². The lowest BCUT2D eigenvalue weighted by Crippen LogP contribution is -2.14. The number of carbonyl (C=O) groups excluding carboxylic acids is 1. The van der Waals surface area contributed by atoms with Gasteiger partial charge in [0.2, 0.25) is 5.88 Å². The Morgan fingerprint density at radius 2 is 1.97 bits per heavy atom. The lowest BCUT2D eigenvalue weighted by Gasteiger charge is -2.18. The molecule has 0 saturated carbocycles. The van der Waals surface area contributed by atoms with Crippen molar-refractivity contribution in [1.29, 1.82) is 0 Å². The van der Waals surface area contributed by atoms with Crippen LogP contribution in [0.25, 0.3) is 0 Å². The largest absolute Gasteiger partial charge is 0.470 e. The molecule has 0 radical (unpaired) electrons. The number of benzene rings is 2. The number of rotatable bonds is 5. The molecule has 1 aliphatic rings. The Kier molecular flexibility index (Phi) is 7.40. The second kappa shape index (κ2) is 10.0. The zero-order valence-corrected chi connectivity index (χ0v) is 18.2. The molecule has 0 aromatic heterocycles. The Morgan fingerprint density at radius 1 is 1.22 bits per heavy atom. The van der Waals surface area contributed by atoms with Crippen LogP contribution in [0, 0.1) is 5.92 Å². The first-order valence-corrected chi connectivity index (χ1v) is 10.4. The highest BCUT2D eigenvalue weighted by Crippen LogP contribution is 2.30. The maximum atomic E-state index is 12.9. The third-order valence-electron chi connectivity index (χ3n) is 4.77. The van der Waals surface area contributed by atoms with Crippen LogP contribution in [0.4, 0.5) is 18.9 Å². The zero-order valence-electron chi connectivity index (χ0n) is 17.5. The van der Waals surface area contributed by atoms with Gasteiger partial charge >= 0.3 is 6.18 Å². The average Bonchev–Trinajstić information content (AvgIpc) is 2.72. The number of nitrogens with zero attached hydrogens (tertiary/aromatic N) is 1. The van der Waals surface area contributed by atoms with Gasteiger partial charge in [-0.05, 0) is 67.3 Å². The molecule has 0 aliphatic carbocycles. The lowest BCUT2D eigenvalue weighted by molar-refractivity contribution is -0.137. The fraction of sp³-hybridized carbons (Fsp3) is 0.250. The number of aliphatic imine (C=N–C) groups is 1. The molecule has 0 bridgehead atoms. The van der Waals surface area contributed by atoms with Gasteiger partial charge in [0, 0.05) is 11.3 Å². The molecule has 1 unspecified atom stereocenters. The quantitative estimate of drug-likeness (QED) is 0.514. The van der Waals surface area contributed by atoms with Gasteiger partial charge in [-0.1, -0.05) is 42.8 Å². The van der Waals surface area contributed by atoms with E-state index < -0.39 is 23.8 Å². The number of carbonyl (C=O) groups is 1. The maximum absolute atomic E-state index is 12.9. The third-order valence-corrected chi connectivity index (χ3v) is 4.98. The highest BCUT2D eigenvalue weighted by molar-refractivity contribution is 6.68.